The van der Waals surface area contributed by atoms with Crippen molar-refractivity contribution in [2.45, 2.75) is 33.6 Å². The highest BCUT2D eigenvalue weighted by molar-refractivity contribution is 6.35. The molecule has 3 aromatic rings. The van der Waals surface area contributed by atoms with Crippen molar-refractivity contribution in [3.63, 3.8) is 0 Å². The Morgan fingerprint density at radius 1 is 1.14 bits per heavy atom. The molecule has 152 valence electrons. The van der Waals surface area contributed by atoms with Crippen molar-refractivity contribution in [2.24, 2.45) is 0 Å². The van der Waals surface area contributed by atoms with E-state index in [0.717, 1.165) is 41.4 Å². The van der Waals surface area contributed by atoms with Gasteiger partial charge < -0.3 is 14.2 Å². The number of piperazine rings is 1. The van der Waals surface area contributed by atoms with Gasteiger partial charge in [-0.3, -0.25) is 4.79 Å². The Hall–Kier alpha value is -2.60. The SMILES string of the molecule is Cc1cc(N2CCN(C(=O)c3oc4c(Cl)cccc4c3C)CC2)nc(C(C)C)n1. The summed E-state index contributed by atoms with van der Waals surface area (Å²) in [6, 6.07) is 7.58. The molecule has 2 aromatic heterocycles. The summed E-state index contributed by atoms with van der Waals surface area (Å²) >= 11 is 6.23. The smallest absolute Gasteiger partial charge is 0.290 e. The highest BCUT2D eigenvalue weighted by Crippen LogP contribution is 2.31. The second-order valence-corrected chi connectivity index (χ2v) is 8.24. The number of halogens is 1. The van der Waals surface area contributed by atoms with Gasteiger partial charge in [-0.2, -0.15) is 0 Å². The number of hydrogen-bond acceptors (Lipinski definition) is 5. The number of furan rings is 1. The van der Waals surface area contributed by atoms with Gasteiger partial charge in [0.2, 0.25) is 0 Å². The molecule has 1 aromatic carbocycles. The predicted molar refractivity (Wildman–Crippen MR) is 115 cm³/mol. The number of fused-ring (bicyclic) bond motifs is 1. The fourth-order valence-electron chi connectivity index (χ4n) is 3.69. The van der Waals surface area contributed by atoms with E-state index < -0.39 is 0 Å². The van der Waals surface area contributed by atoms with Crippen LogP contribution in [0.15, 0.2) is 28.7 Å². The molecule has 1 aliphatic heterocycles. The number of para-hydroxylation sites is 1. The third-order valence-electron chi connectivity index (χ3n) is 5.38. The van der Waals surface area contributed by atoms with E-state index in [0.29, 0.717) is 29.5 Å². The summed E-state index contributed by atoms with van der Waals surface area (Å²) in [5.41, 5.74) is 2.38. The molecule has 0 unspecified atom stereocenters. The summed E-state index contributed by atoms with van der Waals surface area (Å²) in [7, 11) is 0. The second-order valence-electron chi connectivity index (χ2n) is 7.83. The standard InChI is InChI=1S/C22H25ClN4O2/c1-13(2)21-24-14(3)12-18(25-21)26-8-10-27(11-9-26)22(28)19-15(4)16-6-5-7-17(23)20(16)29-19/h5-7,12-13H,8-11H2,1-4H3. The van der Waals surface area contributed by atoms with Gasteiger partial charge in [0.1, 0.15) is 11.6 Å². The molecule has 6 nitrogen and oxygen atoms in total. The van der Waals surface area contributed by atoms with E-state index >= 15 is 0 Å². The van der Waals surface area contributed by atoms with Gasteiger partial charge in [0.05, 0.1) is 5.02 Å². The molecule has 1 fully saturated rings. The van der Waals surface area contributed by atoms with Crippen molar-refractivity contribution >= 4 is 34.3 Å². The molecule has 0 saturated carbocycles. The van der Waals surface area contributed by atoms with E-state index in [4.69, 9.17) is 21.0 Å². The van der Waals surface area contributed by atoms with Crippen LogP contribution in [-0.2, 0) is 0 Å². The summed E-state index contributed by atoms with van der Waals surface area (Å²) in [4.78, 5) is 26.4. The third kappa shape index (κ3) is 3.69. The maximum atomic E-state index is 13.1. The molecule has 3 heterocycles. The molecule has 1 aliphatic rings. The average Bonchev–Trinajstić information content (AvgIpc) is 3.05. The normalized spacial score (nSPS) is 14.8. The number of amides is 1. The van der Waals surface area contributed by atoms with Crippen LogP contribution >= 0.6 is 11.6 Å². The molecule has 0 N–H and O–H groups in total. The third-order valence-corrected chi connectivity index (χ3v) is 5.67. The molecule has 0 radical (unpaired) electrons. The molecule has 0 aliphatic carbocycles. The van der Waals surface area contributed by atoms with Gasteiger partial charge in [0.25, 0.3) is 5.91 Å². The summed E-state index contributed by atoms with van der Waals surface area (Å²) in [5.74, 6) is 2.35. The summed E-state index contributed by atoms with van der Waals surface area (Å²) in [6.07, 6.45) is 0. The summed E-state index contributed by atoms with van der Waals surface area (Å²) < 4.78 is 5.86. The van der Waals surface area contributed by atoms with Crippen LogP contribution in [0.3, 0.4) is 0 Å². The zero-order chi connectivity index (χ0) is 20.7. The van der Waals surface area contributed by atoms with Gasteiger partial charge in [-0.1, -0.05) is 37.6 Å². The van der Waals surface area contributed by atoms with Gasteiger partial charge in [-0.25, -0.2) is 9.97 Å². The second kappa shape index (κ2) is 7.67. The maximum Gasteiger partial charge on any atom is 0.290 e. The van der Waals surface area contributed by atoms with Crippen LogP contribution in [0.1, 0.15) is 47.4 Å². The maximum absolute atomic E-state index is 13.1. The van der Waals surface area contributed by atoms with Crippen LogP contribution < -0.4 is 4.90 Å². The number of aryl methyl sites for hydroxylation is 2. The predicted octanol–water partition coefficient (Wildman–Crippen LogP) is 4.58. The van der Waals surface area contributed by atoms with Gasteiger partial charge >= 0.3 is 0 Å². The average molecular weight is 413 g/mol. The Labute approximate surface area is 175 Å². The first-order valence-corrected chi connectivity index (χ1v) is 10.3. The van der Waals surface area contributed by atoms with Crippen molar-refractivity contribution in [1.29, 1.82) is 0 Å². The summed E-state index contributed by atoms with van der Waals surface area (Å²) in [6.45, 7) is 10.8. The number of rotatable bonds is 3. The van der Waals surface area contributed by atoms with Gasteiger partial charge in [-0.15, -0.1) is 0 Å². The van der Waals surface area contributed by atoms with Crippen molar-refractivity contribution in [3.8, 4) is 0 Å². The molecule has 0 bridgehead atoms. The minimum absolute atomic E-state index is 0.0869. The van der Waals surface area contributed by atoms with E-state index in [1.165, 1.54) is 0 Å². The van der Waals surface area contributed by atoms with Gasteiger partial charge in [0.15, 0.2) is 11.3 Å². The van der Waals surface area contributed by atoms with Gasteiger partial charge in [-0.05, 0) is 19.9 Å². The number of carbonyl (C=O) groups is 1. The molecule has 4 rings (SSSR count). The van der Waals surface area contributed by atoms with Gasteiger partial charge in [0, 0.05) is 54.8 Å². The Kier molecular flexibility index (Phi) is 5.21. The van der Waals surface area contributed by atoms with Crippen LogP contribution in [-0.4, -0.2) is 47.0 Å². The highest BCUT2D eigenvalue weighted by Gasteiger charge is 2.28. The number of hydrogen-bond donors (Lipinski definition) is 0. The minimum atomic E-state index is -0.0869. The van der Waals surface area contributed by atoms with E-state index in [9.17, 15) is 4.79 Å². The molecule has 7 heteroatoms. The summed E-state index contributed by atoms with van der Waals surface area (Å²) in [5, 5.41) is 1.41. The van der Waals surface area contributed by atoms with E-state index in [2.05, 4.69) is 23.7 Å². The lowest BCUT2D eigenvalue weighted by Crippen LogP contribution is -2.49. The first-order chi connectivity index (χ1) is 13.8. The number of anilines is 1. The fraction of sp³-hybridized carbons (Fsp3) is 0.409. The lowest BCUT2D eigenvalue weighted by atomic mass is 10.1. The van der Waals surface area contributed by atoms with Crippen LogP contribution in [0.2, 0.25) is 5.02 Å². The van der Waals surface area contributed by atoms with Crippen molar-refractivity contribution < 1.29 is 9.21 Å². The minimum Gasteiger partial charge on any atom is -0.449 e. The molecule has 1 amide bonds. The van der Waals surface area contributed by atoms with E-state index in [-0.39, 0.29) is 11.8 Å². The molecule has 0 spiro atoms. The van der Waals surface area contributed by atoms with Crippen molar-refractivity contribution in [3.05, 3.63) is 52.1 Å². The number of aromatic nitrogens is 2. The van der Waals surface area contributed by atoms with E-state index in [1.807, 2.05) is 36.9 Å². The largest absolute Gasteiger partial charge is 0.449 e. The number of carbonyl (C=O) groups excluding carboxylic acids is 1. The zero-order valence-electron chi connectivity index (χ0n) is 17.2. The highest BCUT2D eigenvalue weighted by atomic mass is 35.5. The van der Waals surface area contributed by atoms with Crippen molar-refractivity contribution in [1.82, 2.24) is 14.9 Å². The number of nitrogens with zero attached hydrogens (tertiary/aromatic N) is 4. The lowest BCUT2D eigenvalue weighted by molar-refractivity contribution is 0.0716. The Morgan fingerprint density at radius 3 is 2.52 bits per heavy atom. The first kappa shape index (κ1) is 19.7. The topological polar surface area (TPSA) is 62.5 Å². The lowest BCUT2D eigenvalue weighted by Gasteiger charge is -2.35. The van der Waals surface area contributed by atoms with Crippen molar-refractivity contribution in [2.75, 3.05) is 31.1 Å². The van der Waals surface area contributed by atoms with Crippen LogP contribution in [0.25, 0.3) is 11.0 Å². The molecular formula is C22H25ClN4O2. The zero-order valence-corrected chi connectivity index (χ0v) is 18.0. The molecule has 1 saturated heterocycles. The molecule has 29 heavy (non-hydrogen) atoms. The van der Waals surface area contributed by atoms with Crippen LogP contribution in [0.4, 0.5) is 5.82 Å². The Morgan fingerprint density at radius 2 is 1.86 bits per heavy atom. The number of benzene rings is 1. The Balaban J connectivity index is 1.51. The van der Waals surface area contributed by atoms with Crippen LogP contribution in [0.5, 0.6) is 0 Å². The Bertz CT molecular complexity index is 1070. The fourth-order valence-corrected chi connectivity index (χ4v) is 3.90. The molecule has 0 atom stereocenters. The first-order valence-electron chi connectivity index (χ1n) is 9.92. The molecular weight excluding hydrogens is 388 g/mol. The van der Waals surface area contributed by atoms with Crippen LogP contribution in [0, 0.1) is 13.8 Å². The monoisotopic (exact) mass is 412 g/mol. The van der Waals surface area contributed by atoms with E-state index in [1.54, 1.807) is 6.07 Å². The quantitative estimate of drug-likeness (QED) is 0.630.